The van der Waals surface area contributed by atoms with Gasteiger partial charge >= 0.3 is 0 Å². The second-order valence-electron chi connectivity index (χ2n) is 8.98. The van der Waals surface area contributed by atoms with E-state index >= 15 is 0 Å². The number of carbonyl (C=O) groups excluding carboxylic acids is 1. The summed E-state index contributed by atoms with van der Waals surface area (Å²) in [6.07, 6.45) is 6.78. The topological polar surface area (TPSA) is 74.8 Å². The Balaban J connectivity index is 0.00000392. The zero-order valence-electron chi connectivity index (χ0n) is 18.2. The average molecular weight is 508 g/mol. The molecule has 0 bridgehead atoms. The highest BCUT2D eigenvalue weighted by Crippen LogP contribution is 2.34. The van der Waals surface area contributed by atoms with Gasteiger partial charge in [0.05, 0.1) is 6.10 Å². The van der Waals surface area contributed by atoms with E-state index in [0.717, 1.165) is 64.4 Å². The Labute approximate surface area is 188 Å². The van der Waals surface area contributed by atoms with Crippen LogP contribution in [0.3, 0.4) is 0 Å². The molecule has 164 valence electrons. The molecule has 28 heavy (non-hydrogen) atoms. The highest BCUT2D eigenvalue weighted by Gasteiger charge is 2.35. The Hall–Kier alpha value is -0.570. The smallest absolute Gasteiger partial charge is 0.223 e. The van der Waals surface area contributed by atoms with E-state index in [9.17, 15) is 4.79 Å². The van der Waals surface area contributed by atoms with Gasteiger partial charge in [0.2, 0.25) is 5.91 Å². The molecule has 1 saturated carbocycles. The van der Waals surface area contributed by atoms with Gasteiger partial charge in [-0.25, -0.2) is 0 Å². The third-order valence-corrected chi connectivity index (χ3v) is 5.55. The van der Waals surface area contributed by atoms with Crippen molar-refractivity contribution in [2.24, 2.45) is 22.2 Å². The Bertz CT molecular complexity index is 489. The van der Waals surface area contributed by atoms with Crippen LogP contribution in [0.5, 0.6) is 0 Å². The lowest BCUT2D eigenvalue weighted by atomic mass is 9.78. The molecule has 1 aliphatic heterocycles. The normalized spacial score (nSPS) is 23.4. The molecule has 0 spiro atoms. The van der Waals surface area contributed by atoms with E-state index < -0.39 is 0 Å². The summed E-state index contributed by atoms with van der Waals surface area (Å²) in [6.45, 7) is 12.9. The van der Waals surface area contributed by atoms with Crippen LogP contribution in [0.4, 0.5) is 0 Å². The summed E-state index contributed by atoms with van der Waals surface area (Å²) in [7, 11) is 0. The summed E-state index contributed by atoms with van der Waals surface area (Å²) in [4.78, 5) is 16.6. The van der Waals surface area contributed by atoms with Gasteiger partial charge in [-0.2, -0.15) is 0 Å². The Kier molecular flexibility index (Phi) is 11.7. The van der Waals surface area contributed by atoms with Crippen LogP contribution in [0.25, 0.3) is 0 Å². The maximum Gasteiger partial charge on any atom is 0.223 e. The molecule has 2 fully saturated rings. The van der Waals surface area contributed by atoms with Crippen LogP contribution in [0.2, 0.25) is 0 Å². The zero-order valence-corrected chi connectivity index (χ0v) is 20.5. The van der Waals surface area contributed by atoms with Crippen LogP contribution in [0.15, 0.2) is 4.99 Å². The van der Waals surface area contributed by atoms with Crippen LogP contribution >= 0.6 is 24.0 Å². The highest BCUT2D eigenvalue weighted by atomic mass is 127. The van der Waals surface area contributed by atoms with Crippen molar-refractivity contribution >= 4 is 35.8 Å². The second-order valence-corrected chi connectivity index (χ2v) is 8.98. The van der Waals surface area contributed by atoms with Gasteiger partial charge in [-0.3, -0.25) is 9.79 Å². The van der Waals surface area contributed by atoms with Crippen molar-refractivity contribution in [1.29, 1.82) is 0 Å². The second kappa shape index (κ2) is 12.9. The van der Waals surface area contributed by atoms with Crippen LogP contribution < -0.4 is 16.0 Å². The number of hydrogen-bond donors (Lipinski definition) is 3. The van der Waals surface area contributed by atoms with Gasteiger partial charge in [-0.1, -0.05) is 27.2 Å². The fourth-order valence-electron chi connectivity index (χ4n) is 3.86. The molecule has 2 atom stereocenters. The van der Waals surface area contributed by atoms with E-state index in [-0.39, 0.29) is 47.3 Å². The number of rotatable bonds is 8. The molecule has 2 unspecified atom stereocenters. The van der Waals surface area contributed by atoms with Gasteiger partial charge in [0, 0.05) is 44.6 Å². The van der Waals surface area contributed by atoms with Gasteiger partial charge in [0.15, 0.2) is 5.96 Å². The summed E-state index contributed by atoms with van der Waals surface area (Å²) in [5, 5.41) is 9.75. The molecule has 7 heteroatoms. The van der Waals surface area contributed by atoms with E-state index in [0.29, 0.717) is 5.92 Å². The van der Waals surface area contributed by atoms with E-state index in [1.54, 1.807) is 0 Å². The summed E-state index contributed by atoms with van der Waals surface area (Å²) < 4.78 is 6.07. The molecule has 2 rings (SSSR count). The molecule has 2 aliphatic rings. The summed E-state index contributed by atoms with van der Waals surface area (Å²) in [5.74, 6) is 1.83. The number of ether oxygens (including phenoxy) is 1. The molecule has 3 N–H and O–H groups in total. The molecule has 0 aromatic heterocycles. The molecule has 1 heterocycles. The van der Waals surface area contributed by atoms with Gasteiger partial charge in [-0.15, -0.1) is 24.0 Å². The monoisotopic (exact) mass is 508 g/mol. The summed E-state index contributed by atoms with van der Waals surface area (Å²) in [6, 6.07) is 0. The third-order valence-electron chi connectivity index (χ3n) is 5.55. The fourth-order valence-corrected chi connectivity index (χ4v) is 3.86. The van der Waals surface area contributed by atoms with Gasteiger partial charge in [-0.05, 0) is 44.4 Å². The highest BCUT2D eigenvalue weighted by molar-refractivity contribution is 14.0. The summed E-state index contributed by atoms with van der Waals surface area (Å²) >= 11 is 0. The van der Waals surface area contributed by atoms with Crippen LogP contribution in [-0.4, -0.2) is 50.8 Å². The third kappa shape index (κ3) is 8.43. The number of carbonyl (C=O) groups is 1. The number of amides is 1. The molecule has 0 aromatic rings. The minimum atomic E-state index is 0. The van der Waals surface area contributed by atoms with Crippen LogP contribution in [-0.2, 0) is 9.53 Å². The molecular weight excluding hydrogens is 467 g/mol. The van der Waals surface area contributed by atoms with Crippen molar-refractivity contribution in [3.05, 3.63) is 0 Å². The van der Waals surface area contributed by atoms with Crippen molar-refractivity contribution in [3.8, 4) is 0 Å². The SMILES string of the molecule is CCNC(=NCC1CCCOC1C(C)(C)C)NCCCNC(=O)C1CCC1.I. The average Bonchev–Trinajstić information content (AvgIpc) is 2.57. The molecular formula is C21H41IN4O2. The molecule has 1 aliphatic carbocycles. The van der Waals surface area contributed by atoms with Crippen LogP contribution in [0, 0.1) is 17.3 Å². The number of halogens is 1. The van der Waals surface area contributed by atoms with E-state index in [2.05, 4.69) is 43.6 Å². The lowest BCUT2D eigenvalue weighted by Gasteiger charge is -2.39. The van der Waals surface area contributed by atoms with Gasteiger partial charge in [0.1, 0.15) is 0 Å². The maximum atomic E-state index is 11.8. The van der Waals surface area contributed by atoms with E-state index in [1.165, 1.54) is 12.8 Å². The summed E-state index contributed by atoms with van der Waals surface area (Å²) in [5.41, 5.74) is 0.144. The van der Waals surface area contributed by atoms with Crippen molar-refractivity contribution in [2.45, 2.75) is 72.3 Å². The molecule has 1 amide bonds. The largest absolute Gasteiger partial charge is 0.377 e. The molecule has 1 saturated heterocycles. The minimum absolute atomic E-state index is 0. The van der Waals surface area contributed by atoms with Crippen molar-refractivity contribution in [1.82, 2.24) is 16.0 Å². The molecule has 0 radical (unpaired) electrons. The maximum absolute atomic E-state index is 11.8. The number of nitrogens with one attached hydrogen (secondary N) is 3. The number of guanidine groups is 1. The first-order valence-corrected chi connectivity index (χ1v) is 10.8. The molecule has 6 nitrogen and oxygen atoms in total. The minimum Gasteiger partial charge on any atom is -0.377 e. The number of aliphatic imine (C=N–C) groups is 1. The van der Waals surface area contributed by atoms with Gasteiger partial charge in [0.25, 0.3) is 0 Å². The predicted molar refractivity (Wildman–Crippen MR) is 126 cm³/mol. The first-order chi connectivity index (χ1) is 12.9. The number of nitrogens with zero attached hydrogens (tertiary/aromatic N) is 1. The Morgan fingerprint density at radius 2 is 1.79 bits per heavy atom. The molecule has 0 aromatic carbocycles. The quantitative estimate of drug-likeness (QED) is 0.204. The Morgan fingerprint density at radius 3 is 2.39 bits per heavy atom. The number of hydrogen-bond acceptors (Lipinski definition) is 3. The fraction of sp³-hybridized carbons (Fsp3) is 0.905. The lowest BCUT2D eigenvalue weighted by molar-refractivity contribution is -0.127. The van der Waals surface area contributed by atoms with Crippen molar-refractivity contribution < 1.29 is 9.53 Å². The zero-order chi connectivity index (χ0) is 19.7. The lowest BCUT2D eigenvalue weighted by Crippen LogP contribution is -2.43. The van der Waals surface area contributed by atoms with E-state index in [4.69, 9.17) is 9.73 Å². The van der Waals surface area contributed by atoms with Crippen molar-refractivity contribution in [2.75, 3.05) is 32.8 Å². The van der Waals surface area contributed by atoms with Crippen LogP contribution in [0.1, 0.15) is 66.2 Å². The Morgan fingerprint density at radius 1 is 1.07 bits per heavy atom. The van der Waals surface area contributed by atoms with Crippen molar-refractivity contribution in [3.63, 3.8) is 0 Å². The standard InChI is InChI=1S/C21H40N4O2.HI/c1-5-22-20(24-13-8-12-23-19(26)16-9-6-10-16)25-15-17-11-7-14-27-18(17)21(2,3)4;/h16-18H,5-15H2,1-4H3,(H,23,26)(H2,22,24,25);1H. The van der Waals surface area contributed by atoms with Gasteiger partial charge < -0.3 is 20.7 Å². The van der Waals surface area contributed by atoms with E-state index in [1.807, 2.05) is 0 Å². The first kappa shape index (κ1) is 25.5. The predicted octanol–water partition coefficient (Wildman–Crippen LogP) is 3.31. The first-order valence-electron chi connectivity index (χ1n) is 10.8.